The van der Waals surface area contributed by atoms with Crippen molar-refractivity contribution in [3.05, 3.63) is 65.4 Å². The van der Waals surface area contributed by atoms with Crippen molar-refractivity contribution >= 4 is 22.6 Å². The molecule has 0 fully saturated rings. The Hall–Kier alpha value is -3.08. The first-order valence-electron chi connectivity index (χ1n) is 9.78. The van der Waals surface area contributed by atoms with Gasteiger partial charge >= 0.3 is 0 Å². The number of hydrogen-bond donors (Lipinski definition) is 1. The molecule has 1 aromatic heterocycles. The highest BCUT2D eigenvalue weighted by Crippen LogP contribution is 2.28. The van der Waals surface area contributed by atoms with Crippen molar-refractivity contribution < 1.29 is 14.3 Å². The summed E-state index contributed by atoms with van der Waals surface area (Å²) in [6, 6.07) is 15.3. The number of ether oxygens (including phenoxy) is 1. The van der Waals surface area contributed by atoms with Crippen molar-refractivity contribution in [1.82, 2.24) is 9.88 Å². The first kappa shape index (κ1) is 18.3. The highest BCUT2D eigenvalue weighted by Gasteiger charge is 2.24. The van der Waals surface area contributed by atoms with Gasteiger partial charge in [-0.3, -0.25) is 9.59 Å². The summed E-state index contributed by atoms with van der Waals surface area (Å²) in [5.41, 5.74) is 4.16. The molecule has 1 amide bonds. The number of Topliss-reactive ketones (excluding diaryl/α,β-unsaturated/α-hetero) is 1. The van der Waals surface area contributed by atoms with E-state index >= 15 is 0 Å². The Bertz CT molecular complexity index is 1000. The van der Waals surface area contributed by atoms with Crippen LogP contribution in [0.4, 0.5) is 0 Å². The number of hydrogen-bond acceptors (Lipinski definition) is 3. The summed E-state index contributed by atoms with van der Waals surface area (Å²) in [6.45, 7) is 3.81. The van der Waals surface area contributed by atoms with Crippen LogP contribution in [0.3, 0.4) is 0 Å². The Morgan fingerprint density at radius 3 is 2.64 bits per heavy atom. The summed E-state index contributed by atoms with van der Waals surface area (Å²) in [7, 11) is 0. The van der Waals surface area contributed by atoms with E-state index in [9.17, 15) is 9.59 Å². The molecule has 144 valence electrons. The third-order valence-corrected chi connectivity index (χ3v) is 5.29. The molecule has 5 heteroatoms. The van der Waals surface area contributed by atoms with Crippen molar-refractivity contribution in [3.8, 4) is 5.75 Å². The van der Waals surface area contributed by atoms with Crippen LogP contribution in [0, 0.1) is 0 Å². The van der Waals surface area contributed by atoms with Crippen LogP contribution in [0.5, 0.6) is 5.75 Å². The van der Waals surface area contributed by atoms with Gasteiger partial charge in [-0.05, 0) is 37.3 Å². The molecule has 0 saturated carbocycles. The molecule has 3 aromatic rings. The zero-order valence-corrected chi connectivity index (χ0v) is 16.0. The van der Waals surface area contributed by atoms with Gasteiger partial charge in [0, 0.05) is 60.1 Å². The molecule has 0 atom stereocenters. The summed E-state index contributed by atoms with van der Waals surface area (Å²) in [5.74, 6) is 0.773. The van der Waals surface area contributed by atoms with Gasteiger partial charge in [-0.25, -0.2) is 0 Å². The van der Waals surface area contributed by atoms with Gasteiger partial charge in [0.05, 0.1) is 6.61 Å². The van der Waals surface area contributed by atoms with Crippen LogP contribution in [-0.2, 0) is 17.8 Å². The number of carbonyl (C=O) groups is 2. The first-order valence-corrected chi connectivity index (χ1v) is 9.78. The van der Waals surface area contributed by atoms with Crippen LogP contribution in [0.2, 0.25) is 0 Å². The maximum atomic E-state index is 12.7. The van der Waals surface area contributed by atoms with Crippen LogP contribution < -0.4 is 4.74 Å². The quantitative estimate of drug-likeness (QED) is 0.659. The lowest BCUT2D eigenvalue weighted by Crippen LogP contribution is -2.35. The van der Waals surface area contributed by atoms with E-state index in [2.05, 4.69) is 17.1 Å². The molecule has 0 spiro atoms. The van der Waals surface area contributed by atoms with Crippen molar-refractivity contribution in [1.29, 1.82) is 0 Å². The molecule has 2 heterocycles. The molecule has 4 rings (SSSR count). The van der Waals surface area contributed by atoms with Crippen molar-refractivity contribution in [2.24, 2.45) is 0 Å². The van der Waals surface area contributed by atoms with Crippen molar-refractivity contribution in [3.63, 3.8) is 0 Å². The highest BCUT2D eigenvalue weighted by molar-refractivity contribution is 5.98. The molecule has 1 aliphatic heterocycles. The normalized spacial score (nSPS) is 13.4. The summed E-state index contributed by atoms with van der Waals surface area (Å²) in [4.78, 5) is 30.4. The number of aromatic nitrogens is 1. The molecule has 28 heavy (non-hydrogen) atoms. The fourth-order valence-corrected chi connectivity index (χ4v) is 3.81. The average molecular weight is 376 g/mol. The number of nitrogens with zero attached hydrogens (tertiary/aromatic N) is 1. The predicted octanol–water partition coefficient (Wildman–Crippen LogP) is 4.11. The van der Waals surface area contributed by atoms with Gasteiger partial charge < -0.3 is 14.6 Å². The Balaban J connectivity index is 1.37. The summed E-state index contributed by atoms with van der Waals surface area (Å²) in [6.07, 6.45) is 1.29. The van der Waals surface area contributed by atoms with Gasteiger partial charge in [-0.1, -0.05) is 18.2 Å². The second kappa shape index (κ2) is 7.89. The zero-order valence-electron chi connectivity index (χ0n) is 16.0. The number of ketones is 1. The lowest BCUT2D eigenvalue weighted by molar-refractivity contribution is -0.132. The van der Waals surface area contributed by atoms with Gasteiger partial charge in [-0.15, -0.1) is 0 Å². The Labute approximate surface area is 164 Å². The van der Waals surface area contributed by atoms with Gasteiger partial charge in [0.2, 0.25) is 5.91 Å². The summed E-state index contributed by atoms with van der Waals surface area (Å²) >= 11 is 0. The number of H-pyrrole nitrogens is 1. The van der Waals surface area contributed by atoms with Gasteiger partial charge in [0.25, 0.3) is 0 Å². The minimum atomic E-state index is -0.0128. The summed E-state index contributed by atoms with van der Waals surface area (Å²) in [5, 5.41) is 1.18. The van der Waals surface area contributed by atoms with Gasteiger partial charge in [0.1, 0.15) is 5.75 Å². The molecule has 5 nitrogen and oxygen atoms in total. The smallest absolute Gasteiger partial charge is 0.223 e. The molecule has 1 aliphatic rings. The Morgan fingerprint density at radius 1 is 1.07 bits per heavy atom. The van der Waals surface area contributed by atoms with Crippen LogP contribution in [-0.4, -0.2) is 34.7 Å². The number of rotatable bonds is 6. The third-order valence-electron chi connectivity index (χ3n) is 5.29. The van der Waals surface area contributed by atoms with Crippen LogP contribution in [0.15, 0.2) is 48.5 Å². The highest BCUT2D eigenvalue weighted by atomic mass is 16.5. The number of nitrogens with one attached hydrogen (secondary N) is 1. The van der Waals surface area contributed by atoms with Crippen LogP contribution >= 0.6 is 0 Å². The predicted molar refractivity (Wildman–Crippen MR) is 109 cm³/mol. The van der Waals surface area contributed by atoms with Crippen molar-refractivity contribution in [2.75, 3.05) is 13.2 Å². The second-order valence-electron chi connectivity index (χ2n) is 7.07. The minimum absolute atomic E-state index is 0.0128. The standard InChI is InChI=1S/C23H24N2O3/c1-2-28-17-9-7-16(8-10-17)22(26)11-12-23(27)25-14-13-21-19(15-25)18-5-3-4-6-20(18)24-21/h3-10,24H,2,11-15H2,1H3. The zero-order chi connectivity index (χ0) is 19.5. The van der Waals surface area contributed by atoms with E-state index in [0.717, 1.165) is 17.7 Å². The largest absolute Gasteiger partial charge is 0.494 e. The fourth-order valence-electron chi connectivity index (χ4n) is 3.81. The molecule has 0 bridgehead atoms. The number of para-hydroxylation sites is 1. The monoisotopic (exact) mass is 376 g/mol. The minimum Gasteiger partial charge on any atom is -0.494 e. The van der Waals surface area contributed by atoms with E-state index in [-0.39, 0.29) is 24.5 Å². The van der Waals surface area contributed by atoms with Crippen LogP contribution in [0.1, 0.15) is 41.4 Å². The maximum Gasteiger partial charge on any atom is 0.223 e. The van der Waals surface area contributed by atoms with Crippen molar-refractivity contribution in [2.45, 2.75) is 32.7 Å². The average Bonchev–Trinajstić information content (AvgIpc) is 3.10. The molecular formula is C23H24N2O3. The molecule has 1 N–H and O–H groups in total. The molecular weight excluding hydrogens is 352 g/mol. The second-order valence-corrected chi connectivity index (χ2v) is 7.07. The van der Waals surface area contributed by atoms with E-state index in [4.69, 9.17) is 4.74 Å². The van der Waals surface area contributed by atoms with Gasteiger partial charge in [0.15, 0.2) is 5.78 Å². The number of carbonyl (C=O) groups excluding carboxylic acids is 2. The van der Waals surface area contributed by atoms with Crippen LogP contribution in [0.25, 0.3) is 10.9 Å². The fraction of sp³-hybridized carbons (Fsp3) is 0.304. The number of aromatic amines is 1. The van der Waals surface area contributed by atoms with Gasteiger partial charge in [-0.2, -0.15) is 0 Å². The Morgan fingerprint density at radius 2 is 1.86 bits per heavy atom. The third kappa shape index (κ3) is 3.65. The molecule has 0 saturated heterocycles. The van der Waals surface area contributed by atoms with E-state index in [0.29, 0.717) is 25.3 Å². The van der Waals surface area contributed by atoms with E-state index in [1.54, 1.807) is 24.3 Å². The lowest BCUT2D eigenvalue weighted by atomic mass is 10.0. The topological polar surface area (TPSA) is 62.4 Å². The maximum absolute atomic E-state index is 12.7. The molecule has 0 unspecified atom stereocenters. The SMILES string of the molecule is CCOc1ccc(C(=O)CCC(=O)N2CCc3[nH]c4ccccc4c3C2)cc1. The first-order chi connectivity index (χ1) is 13.7. The number of amides is 1. The number of benzene rings is 2. The van der Waals surface area contributed by atoms with E-state index in [1.165, 1.54) is 16.6 Å². The van der Waals surface area contributed by atoms with E-state index in [1.807, 2.05) is 24.0 Å². The molecule has 2 aromatic carbocycles. The Kier molecular flexibility index (Phi) is 5.15. The van der Waals surface area contributed by atoms with E-state index < -0.39 is 0 Å². The molecule has 0 radical (unpaired) electrons. The summed E-state index contributed by atoms with van der Waals surface area (Å²) < 4.78 is 5.40. The lowest BCUT2D eigenvalue weighted by Gasteiger charge is -2.27. The molecule has 0 aliphatic carbocycles. The number of fused-ring (bicyclic) bond motifs is 3.